The highest BCUT2D eigenvalue weighted by molar-refractivity contribution is 5.95. The van der Waals surface area contributed by atoms with Gasteiger partial charge in [0, 0.05) is 38.5 Å². The van der Waals surface area contributed by atoms with Crippen LogP contribution in [0.1, 0.15) is 82.8 Å². The molecule has 1 saturated heterocycles. The predicted molar refractivity (Wildman–Crippen MR) is 212 cm³/mol. The molecule has 0 radical (unpaired) electrons. The van der Waals surface area contributed by atoms with Gasteiger partial charge in [-0.05, 0) is 42.7 Å². The van der Waals surface area contributed by atoms with E-state index in [2.05, 4.69) is 11.2 Å². The fourth-order valence-electron chi connectivity index (χ4n) is 9.74. The van der Waals surface area contributed by atoms with Crippen molar-refractivity contribution in [2.45, 2.75) is 115 Å². The van der Waals surface area contributed by atoms with Crippen LogP contribution in [-0.2, 0) is 47.6 Å². The minimum atomic E-state index is -2.41. The molecule has 3 fully saturated rings. The second-order valence-corrected chi connectivity index (χ2v) is 16.7. The molecular weight excluding hydrogens is 794 g/mol. The van der Waals surface area contributed by atoms with Gasteiger partial charge in [0.05, 0.1) is 35.6 Å². The molecule has 6 rings (SSSR count). The van der Waals surface area contributed by atoms with Crippen molar-refractivity contribution >= 4 is 35.8 Å². The summed E-state index contributed by atoms with van der Waals surface area (Å²) in [6, 6.07) is 14.4. The molecule has 16 heteroatoms. The summed E-state index contributed by atoms with van der Waals surface area (Å²) < 4.78 is 35.2. The lowest BCUT2D eigenvalue weighted by atomic mass is 9.44. The first-order valence-corrected chi connectivity index (χ1v) is 19.9. The lowest BCUT2D eigenvalue weighted by Crippen LogP contribution is -2.82. The number of esters is 4. The van der Waals surface area contributed by atoms with Gasteiger partial charge in [-0.25, -0.2) is 14.4 Å². The number of terminal acetylenes is 1. The molecule has 0 spiro atoms. The van der Waals surface area contributed by atoms with Crippen LogP contribution in [0.15, 0.2) is 71.8 Å². The first-order valence-electron chi connectivity index (χ1n) is 19.9. The Hall–Kier alpha value is -5.60. The van der Waals surface area contributed by atoms with Crippen molar-refractivity contribution in [1.82, 2.24) is 5.32 Å². The number of aliphatic hydroxyl groups is 3. The van der Waals surface area contributed by atoms with E-state index in [-0.39, 0.29) is 42.8 Å². The smallest absolute Gasteiger partial charge is 0.407 e. The number of alkyl carbamates (subject to hydrolysis) is 1. The number of aliphatic hydroxyl groups excluding tert-OH is 2. The number of ether oxygens (including phenoxy) is 6. The van der Waals surface area contributed by atoms with E-state index in [1.807, 2.05) is 0 Å². The summed E-state index contributed by atoms with van der Waals surface area (Å²) in [4.78, 5) is 82.5. The second kappa shape index (κ2) is 17.0. The van der Waals surface area contributed by atoms with E-state index in [0.29, 0.717) is 5.56 Å². The van der Waals surface area contributed by atoms with Crippen molar-refractivity contribution in [2.24, 2.45) is 16.7 Å². The number of rotatable bonds is 11. The lowest BCUT2D eigenvalue weighted by Gasteiger charge is -2.67. The third-order valence-electron chi connectivity index (χ3n) is 12.9. The number of benzene rings is 2. The minimum absolute atomic E-state index is 0.0234. The highest BCUT2D eigenvalue weighted by Gasteiger charge is 2.78. The first-order chi connectivity index (χ1) is 28.7. The van der Waals surface area contributed by atoms with E-state index in [4.69, 9.17) is 34.8 Å². The number of fused-ring (bicyclic) bond motifs is 5. The Kier molecular flexibility index (Phi) is 12.6. The molecule has 326 valence electrons. The molecule has 2 bridgehead atoms. The van der Waals surface area contributed by atoms with Gasteiger partial charge in [0.15, 0.2) is 23.6 Å². The summed E-state index contributed by atoms with van der Waals surface area (Å²) in [5, 5.41) is 39.7. The van der Waals surface area contributed by atoms with Crippen molar-refractivity contribution in [1.29, 1.82) is 0 Å². The number of Topliss-reactive ketones (excluding diaryl/α,β-unsaturated/α-hetero) is 1. The zero-order chi connectivity index (χ0) is 44.7. The van der Waals surface area contributed by atoms with Crippen molar-refractivity contribution in [3.8, 4) is 12.3 Å². The average Bonchev–Trinajstić information content (AvgIpc) is 3.21. The van der Waals surface area contributed by atoms with Gasteiger partial charge in [0.2, 0.25) is 0 Å². The monoisotopic (exact) mass is 845 g/mol. The van der Waals surface area contributed by atoms with Gasteiger partial charge >= 0.3 is 30.0 Å². The van der Waals surface area contributed by atoms with Gasteiger partial charge < -0.3 is 49.1 Å². The van der Waals surface area contributed by atoms with Gasteiger partial charge in [0.25, 0.3) is 0 Å². The average molecular weight is 846 g/mol. The molecule has 2 saturated carbocycles. The number of nitrogens with one attached hydrogen (secondary N) is 1. The maximum atomic E-state index is 15.4. The largest absolute Gasteiger partial charge is 0.456 e. The van der Waals surface area contributed by atoms with Crippen LogP contribution in [0, 0.1) is 29.1 Å². The van der Waals surface area contributed by atoms with Crippen LogP contribution in [-0.4, -0.2) is 112 Å². The number of ketones is 1. The summed E-state index contributed by atoms with van der Waals surface area (Å²) in [6.45, 7) is 7.72. The molecule has 1 aliphatic heterocycles. The first kappa shape index (κ1) is 44.9. The summed E-state index contributed by atoms with van der Waals surface area (Å²) in [5.41, 5.74) is -7.45. The molecule has 61 heavy (non-hydrogen) atoms. The van der Waals surface area contributed by atoms with Crippen molar-refractivity contribution < 1.29 is 72.5 Å². The molecule has 11 atom stereocenters. The van der Waals surface area contributed by atoms with E-state index in [9.17, 15) is 39.3 Å². The minimum Gasteiger partial charge on any atom is -0.456 e. The Bertz CT molecular complexity index is 2130. The lowest BCUT2D eigenvalue weighted by molar-refractivity contribution is -0.346. The highest BCUT2D eigenvalue weighted by Crippen LogP contribution is 2.64. The summed E-state index contributed by atoms with van der Waals surface area (Å²) >= 11 is 0. The van der Waals surface area contributed by atoms with Gasteiger partial charge in [-0.15, -0.1) is 12.3 Å². The van der Waals surface area contributed by atoms with Gasteiger partial charge in [0.1, 0.15) is 30.5 Å². The highest BCUT2D eigenvalue weighted by atomic mass is 16.6. The van der Waals surface area contributed by atoms with Crippen LogP contribution < -0.4 is 5.32 Å². The molecule has 0 aromatic heterocycles. The summed E-state index contributed by atoms with van der Waals surface area (Å²) in [5.74, 6) is -4.02. The van der Waals surface area contributed by atoms with Gasteiger partial charge in [-0.2, -0.15) is 0 Å². The Morgan fingerprint density at radius 2 is 1.61 bits per heavy atom. The van der Waals surface area contributed by atoms with Crippen molar-refractivity contribution in [2.75, 3.05) is 13.2 Å². The molecule has 2 aromatic carbocycles. The molecule has 4 N–H and O–H groups in total. The molecule has 16 nitrogen and oxygen atoms in total. The zero-order valence-corrected chi connectivity index (χ0v) is 34.7. The van der Waals surface area contributed by atoms with E-state index in [0.717, 1.165) is 13.8 Å². The zero-order valence-electron chi connectivity index (χ0n) is 34.7. The molecule has 9 unspecified atom stereocenters. The Balaban J connectivity index is 1.53. The number of carbonyl (C=O) groups is 6. The van der Waals surface area contributed by atoms with Crippen LogP contribution in [0.5, 0.6) is 0 Å². The second-order valence-electron chi connectivity index (χ2n) is 16.7. The van der Waals surface area contributed by atoms with Crippen molar-refractivity contribution in [3.05, 3.63) is 82.9 Å². The quantitative estimate of drug-likeness (QED) is 0.0838. The van der Waals surface area contributed by atoms with E-state index >= 15 is 4.79 Å². The number of amides is 1. The molecule has 1 heterocycles. The van der Waals surface area contributed by atoms with Crippen LogP contribution >= 0.6 is 0 Å². The maximum absolute atomic E-state index is 15.4. The molecule has 2 aromatic rings. The fraction of sp³-hybridized carbons (Fsp3) is 0.511. The Labute approximate surface area is 352 Å². The van der Waals surface area contributed by atoms with Crippen LogP contribution in [0.25, 0.3) is 0 Å². The summed E-state index contributed by atoms with van der Waals surface area (Å²) in [7, 11) is 0. The standard InChI is InChI=1S/C45H51NO15/c1-8-9-20-56-41(54)46-33(27-16-12-10-13-17-27)34(50)40(53)59-29-22-45(55)38(60-39(52)28-18-14-11-15-19-28)36-43(7,30(49)21-31-44(36,23-57-31)61-26(4)48)37(51)35(58-25(3)47)32(24(29)2)42(45,5)6/h1,10-19,29-31,33-36,38,49-50,55H,9,20-23H2,2-7H3,(H,46,54)/t29?,30?,31?,33?,34?,35?,36?,38?,43-,44+,45?/m1/s1. The number of carbonyl (C=O) groups excluding carboxylic acids is 6. The number of hydrogen-bond acceptors (Lipinski definition) is 15. The fourth-order valence-corrected chi connectivity index (χ4v) is 9.74. The van der Waals surface area contributed by atoms with Gasteiger partial charge in [-0.1, -0.05) is 62.4 Å². The predicted octanol–water partition coefficient (Wildman–Crippen LogP) is 3.06. The topological polar surface area (TPSA) is 231 Å². The van der Waals surface area contributed by atoms with Gasteiger partial charge in [-0.3, -0.25) is 14.4 Å². The molecule has 1 amide bonds. The molecule has 3 aliphatic carbocycles. The van der Waals surface area contributed by atoms with Crippen LogP contribution in [0.4, 0.5) is 4.79 Å². The van der Waals surface area contributed by atoms with E-state index < -0.39 is 113 Å². The van der Waals surface area contributed by atoms with E-state index in [1.54, 1.807) is 62.4 Å². The number of hydrogen-bond donors (Lipinski definition) is 4. The molecule has 4 aliphatic rings. The summed E-state index contributed by atoms with van der Waals surface area (Å²) in [6.07, 6.45) is -6.29. The van der Waals surface area contributed by atoms with E-state index in [1.165, 1.54) is 26.0 Å². The SMILES string of the molecule is C#CCCOC(=O)NC(c1ccccc1)C(O)C(=O)OC1CC2(O)C(OC(=O)c3ccccc3)C3[C@]4(OC(C)=O)COC4CC(O)[C@@]3(C)C(=O)C(OC(C)=O)C(=C1C)C2(C)C. The Morgan fingerprint density at radius 3 is 2.18 bits per heavy atom. The van der Waals surface area contributed by atoms with Crippen LogP contribution in [0.3, 0.4) is 0 Å². The van der Waals surface area contributed by atoms with Crippen molar-refractivity contribution in [3.63, 3.8) is 0 Å². The Morgan fingerprint density at radius 1 is 0.967 bits per heavy atom. The third kappa shape index (κ3) is 7.80. The molecular formula is C45H51NO15. The normalized spacial score (nSPS) is 32.0. The maximum Gasteiger partial charge on any atom is 0.407 e. The van der Waals surface area contributed by atoms with Crippen LogP contribution in [0.2, 0.25) is 0 Å². The third-order valence-corrected chi connectivity index (χ3v) is 12.9.